The Morgan fingerprint density at radius 1 is 0.893 bits per heavy atom. The average molecular weight is 385 g/mol. The molecule has 0 aliphatic carbocycles. The zero-order chi connectivity index (χ0) is 19.3. The standard InChI is InChI=1S/C23H19N3OS/c1-17-12-14-20(15-13-17)26(22(27)24-19-10-6-3-7-11-19)23-25-21(16-28-23)18-8-4-2-5-9-18/h2-16H,1H3,(H,24,27). The molecule has 0 saturated carbocycles. The number of urea groups is 1. The number of carbonyl (C=O) groups is 1. The molecule has 4 aromatic rings. The fourth-order valence-corrected chi connectivity index (χ4v) is 3.67. The summed E-state index contributed by atoms with van der Waals surface area (Å²) in [6.45, 7) is 2.02. The van der Waals surface area contributed by atoms with Gasteiger partial charge in [0.1, 0.15) is 0 Å². The van der Waals surface area contributed by atoms with Crippen LogP contribution in [0.3, 0.4) is 0 Å². The van der Waals surface area contributed by atoms with E-state index in [1.54, 1.807) is 4.90 Å². The summed E-state index contributed by atoms with van der Waals surface area (Å²) >= 11 is 1.44. The van der Waals surface area contributed by atoms with E-state index in [9.17, 15) is 4.79 Å². The summed E-state index contributed by atoms with van der Waals surface area (Å²) in [5, 5.41) is 5.55. The van der Waals surface area contributed by atoms with Gasteiger partial charge in [0.15, 0.2) is 5.13 Å². The van der Waals surface area contributed by atoms with Crippen LogP contribution in [0.2, 0.25) is 0 Å². The van der Waals surface area contributed by atoms with Gasteiger partial charge in [-0.15, -0.1) is 11.3 Å². The zero-order valence-electron chi connectivity index (χ0n) is 15.4. The number of carbonyl (C=O) groups excluding carboxylic acids is 1. The Morgan fingerprint density at radius 2 is 1.54 bits per heavy atom. The van der Waals surface area contributed by atoms with E-state index >= 15 is 0 Å². The summed E-state index contributed by atoms with van der Waals surface area (Å²) in [4.78, 5) is 19.5. The van der Waals surface area contributed by atoms with Crippen LogP contribution in [0.15, 0.2) is 90.3 Å². The summed E-state index contributed by atoms with van der Waals surface area (Å²) in [7, 11) is 0. The van der Waals surface area contributed by atoms with E-state index in [4.69, 9.17) is 4.98 Å². The molecule has 1 aromatic heterocycles. The lowest BCUT2D eigenvalue weighted by molar-refractivity contribution is 0.259. The number of aromatic nitrogens is 1. The summed E-state index contributed by atoms with van der Waals surface area (Å²) in [5.41, 5.74) is 4.52. The molecule has 0 aliphatic rings. The average Bonchev–Trinajstić information content (AvgIpc) is 3.21. The normalized spacial score (nSPS) is 10.5. The molecule has 2 amide bonds. The largest absolute Gasteiger partial charge is 0.332 e. The van der Waals surface area contributed by atoms with Crippen molar-refractivity contribution in [3.8, 4) is 11.3 Å². The minimum absolute atomic E-state index is 0.246. The van der Waals surface area contributed by atoms with Crippen LogP contribution in [0.5, 0.6) is 0 Å². The third kappa shape index (κ3) is 3.94. The van der Waals surface area contributed by atoms with Gasteiger partial charge in [0.05, 0.1) is 11.4 Å². The van der Waals surface area contributed by atoms with E-state index in [-0.39, 0.29) is 6.03 Å². The molecule has 0 radical (unpaired) electrons. The van der Waals surface area contributed by atoms with Crippen molar-refractivity contribution in [2.75, 3.05) is 10.2 Å². The van der Waals surface area contributed by atoms with Gasteiger partial charge in [-0.05, 0) is 31.2 Å². The van der Waals surface area contributed by atoms with Gasteiger partial charge in [-0.2, -0.15) is 0 Å². The number of aryl methyl sites for hydroxylation is 1. The molecule has 0 atom stereocenters. The molecule has 3 aromatic carbocycles. The number of nitrogens with one attached hydrogen (secondary N) is 1. The van der Waals surface area contributed by atoms with Crippen molar-refractivity contribution in [2.24, 2.45) is 0 Å². The van der Waals surface area contributed by atoms with Crippen molar-refractivity contribution in [1.29, 1.82) is 0 Å². The zero-order valence-corrected chi connectivity index (χ0v) is 16.2. The summed E-state index contributed by atoms with van der Waals surface area (Å²) < 4.78 is 0. The van der Waals surface area contributed by atoms with Crippen molar-refractivity contribution >= 4 is 33.9 Å². The van der Waals surface area contributed by atoms with E-state index in [2.05, 4.69) is 5.32 Å². The lowest BCUT2D eigenvalue weighted by atomic mass is 10.2. The molecule has 28 heavy (non-hydrogen) atoms. The molecule has 4 nitrogen and oxygen atoms in total. The highest BCUT2D eigenvalue weighted by atomic mass is 32.1. The Kier molecular flexibility index (Phi) is 5.17. The first-order valence-electron chi connectivity index (χ1n) is 8.94. The number of para-hydroxylation sites is 1. The van der Waals surface area contributed by atoms with Gasteiger partial charge in [-0.1, -0.05) is 66.2 Å². The summed E-state index contributed by atoms with van der Waals surface area (Å²) in [5.74, 6) is 0. The molecule has 0 saturated heterocycles. The number of hydrogen-bond acceptors (Lipinski definition) is 3. The number of thiazole rings is 1. The highest BCUT2D eigenvalue weighted by molar-refractivity contribution is 7.14. The fraction of sp³-hybridized carbons (Fsp3) is 0.0435. The first-order chi connectivity index (χ1) is 13.7. The molecule has 0 bridgehead atoms. The van der Waals surface area contributed by atoms with Crippen LogP contribution in [-0.4, -0.2) is 11.0 Å². The smallest absolute Gasteiger partial charge is 0.307 e. The molecule has 0 unspecified atom stereocenters. The van der Waals surface area contributed by atoms with Gasteiger partial charge in [0.2, 0.25) is 0 Å². The second-order valence-electron chi connectivity index (χ2n) is 6.35. The molecular weight excluding hydrogens is 366 g/mol. The number of amides is 2. The topological polar surface area (TPSA) is 45.2 Å². The van der Waals surface area contributed by atoms with Crippen LogP contribution in [0, 0.1) is 6.92 Å². The van der Waals surface area contributed by atoms with Crippen LogP contribution in [-0.2, 0) is 0 Å². The lowest BCUT2D eigenvalue weighted by Crippen LogP contribution is -2.30. The lowest BCUT2D eigenvalue weighted by Gasteiger charge is -2.20. The van der Waals surface area contributed by atoms with Crippen LogP contribution in [0.1, 0.15) is 5.56 Å². The second kappa shape index (κ2) is 8.06. The molecule has 5 heteroatoms. The Morgan fingerprint density at radius 3 is 2.21 bits per heavy atom. The van der Waals surface area contributed by atoms with Gasteiger partial charge in [0.25, 0.3) is 0 Å². The highest BCUT2D eigenvalue weighted by Crippen LogP contribution is 2.33. The molecule has 4 rings (SSSR count). The van der Waals surface area contributed by atoms with Gasteiger partial charge < -0.3 is 5.32 Å². The number of benzene rings is 3. The predicted octanol–water partition coefficient (Wildman–Crippen LogP) is 6.49. The van der Waals surface area contributed by atoms with Crippen LogP contribution >= 0.6 is 11.3 Å². The first kappa shape index (κ1) is 17.9. The van der Waals surface area contributed by atoms with Crippen molar-refractivity contribution in [2.45, 2.75) is 6.92 Å². The maximum atomic E-state index is 13.1. The highest BCUT2D eigenvalue weighted by Gasteiger charge is 2.22. The van der Waals surface area contributed by atoms with E-state index in [1.807, 2.05) is 97.2 Å². The number of rotatable bonds is 4. The quantitative estimate of drug-likeness (QED) is 0.436. The SMILES string of the molecule is Cc1ccc(N(C(=O)Nc2ccccc2)c2nc(-c3ccccc3)cs2)cc1. The van der Waals surface area contributed by atoms with Gasteiger partial charge >= 0.3 is 6.03 Å². The molecule has 0 aliphatic heterocycles. The minimum atomic E-state index is -0.246. The van der Waals surface area contributed by atoms with Crippen LogP contribution < -0.4 is 10.2 Å². The fourth-order valence-electron chi connectivity index (χ4n) is 2.82. The number of hydrogen-bond donors (Lipinski definition) is 1. The first-order valence-corrected chi connectivity index (χ1v) is 9.82. The molecule has 0 fully saturated rings. The third-order valence-electron chi connectivity index (χ3n) is 4.27. The summed E-state index contributed by atoms with van der Waals surface area (Å²) in [6, 6.07) is 27.0. The molecule has 1 heterocycles. The predicted molar refractivity (Wildman–Crippen MR) is 116 cm³/mol. The molecule has 138 valence electrons. The third-order valence-corrected chi connectivity index (χ3v) is 5.10. The van der Waals surface area contributed by atoms with Gasteiger partial charge in [-0.3, -0.25) is 0 Å². The Balaban J connectivity index is 1.70. The second-order valence-corrected chi connectivity index (χ2v) is 7.19. The minimum Gasteiger partial charge on any atom is -0.307 e. The van der Waals surface area contributed by atoms with E-state index in [0.29, 0.717) is 5.13 Å². The molecule has 0 spiro atoms. The van der Waals surface area contributed by atoms with E-state index in [1.165, 1.54) is 11.3 Å². The van der Waals surface area contributed by atoms with Crippen LogP contribution in [0.25, 0.3) is 11.3 Å². The Labute approximate surface area is 168 Å². The van der Waals surface area contributed by atoms with Crippen LogP contribution in [0.4, 0.5) is 21.3 Å². The van der Waals surface area contributed by atoms with E-state index < -0.39 is 0 Å². The molecular formula is C23H19N3OS. The molecule has 1 N–H and O–H groups in total. The maximum Gasteiger partial charge on any atom is 0.332 e. The maximum absolute atomic E-state index is 13.1. The Hall–Kier alpha value is -3.44. The van der Waals surface area contributed by atoms with Crippen molar-refractivity contribution < 1.29 is 4.79 Å². The number of anilines is 3. The summed E-state index contributed by atoms with van der Waals surface area (Å²) in [6.07, 6.45) is 0. The van der Waals surface area contributed by atoms with Gasteiger partial charge in [0, 0.05) is 16.6 Å². The van der Waals surface area contributed by atoms with Crippen molar-refractivity contribution in [3.63, 3.8) is 0 Å². The van der Waals surface area contributed by atoms with E-state index in [0.717, 1.165) is 28.2 Å². The van der Waals surface area contributed by atoms with Gasteiger partial charge in [-0.25, -0.2) is 14.7 Å². The monoisotopic (exact) mass is 385 g/mol. The Bertz CT molecular complexity index is 1060. The van der Waals surface area contributed by atoms with Crippen molar-refractivity contribution in [1.82, 2.24) is 4.98 Å². The van der Waals surface area contributed by atoms with Crippen molar-refractivity contribution in [3.05, 3.63) is 95.9 Å². The number of nitrogens with zero attached hydrogens (tertiary/aromatic N) is 2.